The van der Waals surface area contributed by atoms with Crippen molar-refractivity contribution < 1.29 is 19.1 Å². The number of carbonyl (C=O) groups is 2. The smallest absolute Gasteiger partial charge is 0.253 e. The van der Waals surface area contributed by atoms with Crippen LogP contribution in [-0.4, -0.2) is 75.8 Å². The molecular formula is C28H38N4O4. The highest BCUT2D eigenvalue weighted by Crippen LogP contribution is 2.28. The summed E-state index contributed by atoms with van der Waals surface area (Å²) >= 11 is 0. The first-order valence-electron chi connectivity index (χ1n) is 13.0. The molecule has 2 aliphatic heterocycles. The number of nitrogens with zero attached hydrogens (tertiary/aromatic N) is 2. The Morgan fingerprint density at radius 3 is 2.53 bits per heavy atom. The van der Waals surface area contributed by atoms with E-state index in [0.29, 0.717) is 30.3 Å². The monoisotopic (exact) mass is 494 g/mol. The van der Waals surface area contributed by atoms with Gasteiger partial charge in [-0.1, -0.05) is 37.3 Å². The number of rotatable bonds is 10. The van der Waals surface area contributed by atoms with Crippen LogP contribution in [0.5, 0.6) is 0 Å². The number of hydrogen-bond acceptors (Lipinski definition) is 6. The fourth-order valence-electron chi connectivity index (χ4n) is 4.60. The maximum Gasteiger partial charge on any atom is 0.253 e. The SMILES string of the molecule is CC1CCN(c2ccc(NC(=O)COCc3ccccc3)cc2C(=O)NCCN2CCOCC2)CC1. The molecule has 2 saturated heterocycles. The Balaban J connectivity index is 1.38. The standard InChI is InChI=1S/C28H38N4O4/c1-22-9-12-32(13-10-22)26-8-7-24(30-27(33)21-36-20-23-5-3-2-4-6-23)19-25(26)28(34)29-11-14-31-15-17-35-18-16-31/h2-8,19,22H,9-18,20-21H2,1H3,(H,29,34)(H,30,33). The molecule has 36 heavy (non-hydrogen) atoms. The number of hydrogen-bond donors (Lipinski definition) is 2. The normalized spacial score (nSPS) is 17.1. The van der Waals surface area contributed by atoms with Gasteiger partial charge in [-0.2, -0.15) is 0 Å². The maximum absolute atomic E-state index is 13.3. The molecule has 8 heteroatoms. The van der Waals surface area contributed by atoms with Gasteiger partial charge in [0.05, 0.1) is 25.4 Å². The Kier molecular flexibility index (Phi) is 9.72. The van der Waals surface area contributed by atoms with Gasteiger partial charge in [-0.3, -0.25) is 14.5 Å². The van der Waals surface area contributed by atoms with Crippen molar-refractivity contribution in [1.29, 1.82) is 0 Å². The average molecular weight is 495 g/mol. The minimum absolute atomic E-state index is 0.0538. The van der Waals surface area contributed by atoms with Crippen LogP contribution in [0.1, 0.15) is 35.7 Å². The maximum atomic E-state index is 13.3. The van der Waals surface area contributed by atoms with Crippen molar-refractivity contribution >= 4 is 23.2 Å². The Labute approximate surface area is 213 Å². The fourth-order valence-corrected chi connectivity index (χ4v) is 4.60. The second-order valence-corrected chi connectivity index (χ2v) is 9.64. The minimum Gasteiger partial charge on any atom is -0.379 e. The summed E-state index contributed by atoms with van der Waals surface area (Å²) in [4.78, 5) is 30.3. The summed E-state index contributed by atoms with van der Waals surface area (Å²) in [5.74, 6) is 0.332. The molecule has 2 aromatic carbocycles. The second-order valence-electron chi connectivity index (χ2n) is 9.64. The highest BCUT2D eigenvalue weighted by atomic mass is 16.5. The lowest BCUT2D eigenvalue weighted by Crippen LogP contribution is -2.41. The molecule has 0 aliphatic carbocycles. The summed E-state index contributed by atoms with van der Waals surface area (Å²) in [6.45, 7) is 9.06. The minimum atomic E-state index is -0.246. The quantitative estimate of drug-likeness (QED) is 0.528. The molecule has 8 nitrogen and oxygen atoms in total. The lowest BCUT2D eigenvalue weighted by molar-refractivity contribution is -0.121. The van der Waals surface area contributed by atoms with Crippen LogP contribution in [0.3, 0.4) is 0 Å². The van der Waals surface area contributed by atoms with Gasteiger partial charge in [-0.05, 0) is 42.5 Å². The molecule has 0 atom stereocenters. The number of nitrogens with one attached hydrogen (secondary N) is 2. The van der Waals surface area contributed by atoms with Crippen LogP contribution in [0.4, 0.5) is 11.4 Å². The van der Waals surface area contributed by atoms with Crippen molar-refractivity contribution in [2.45, 2.75) is 26.4 Å². The summed E-state index contributed by atoms with van der Waals surface area (Å²) < 4.78 is 11.0. The number of morpholine rings is 1. The van der Waals surface area contributed by atoms with Crippen LogP contribution in [-0.2, 0) is 20.9 Å². The number of piperidine rings is 1. The molecule has 2 heterocycles. The summed E-state index contributed by atoms with van der Waals surface area (Å²) in [6.07, 6.45) is 2.21. The largest absolute Gasteiger partial charge is 0.379 e. The number of amides is 2. The molecule has 194 valence electrons. The molecule has 2 aromatic rings. The molecule has 0 spiro atoms. The Morgan fingerprint density at radius 2 is 1.78 bits per heavy atom. The predicted molar refractivity (Wildman–Crippen MR) is 141 cm³/mol. The third-order valence-electron chi connectivity index (χ3n) is 6.81. The molecule has 0 aromatic heterocycles. The van der Waals surface area contributed by atoms with E-state index in [2.05, 4.69) is 27.4 Å². The Bertz CT molecular complexity index is 986. The second kappa shape index (κ2) is 13.4. The van der Waals surface area contributed by atoms with Gasteiger partial charge in [0.1, 0.15) is 6.61 Å². The number of anilines is 2. The fraction of sp³-hybridized carbons (Fsp3) is 0.500. The number of carbonyl (C=O) groups excluding carboxylic acids is 2. The zero-order valence-corrected chi connectivity index (χ0v) is 21.2. The van der Waals surface area contributed by atoms with Gasteiger partial charge in [-0.25, -0.2) is 0 Å². The van der Waals surface area contributed by atoms with E-state index in [1.54, 1.807) is 6.07 Å². The summed E-state index contributed by atoms with van der Waals surface area (Å²) in [5, 5.41) is 5.97. The lowest BCUT2D eigenvalue weighted by atomic mass is 9.97. The van der Waals surface area contributed by atoms with Crippen LogP contribution in [0.2, 0.25) is 0 Å². The summed E-state index contributed by atoms with van der Waals surface area (Å²) in [5.41, 5.74) is 3.12. The molecular weight excluding hydrogens is 456 g/mol. The van der Waals surface area contributed by atoms with Gasteiger partial charge in [-0.15, -0.1) is 0 Å². The van der Waals surface area contributed by atoms with Crippen LogP contribution in [0.15, 0.2) is 48.5 Å². The first-order chi connectivity index (χ1) is 17.6. The molecule has 0 radical (unpaired) electrons. The zero-order valence-electron chi connectivity index (χ0n) is 21.2. The van der Waals surface area contributed by atoms with Gasteiger partial charge >= 0.3 is 0 Å². The van der Waals surface area contributed by atoms with Gasteiger partial charge in [0.25, 0.3) is 5.91 Å². The zero-order chi connectivity index (χ0) is 25.2. The topological polar surface area (TPSA) is 83.1 Å². The van der Waals surface area contributed by atoms with Gasteiger partial charge in [0.15, 0.2) is 0 Å². The molecule has 2 aliphatic rings. The molecule has 2 amide bonds. The lowest BCUT2D eigenvalue weighted by Gasteiger charge is -2.33. The molecule has 0 unspecified atom stereocenters. The van der Waals surface area contributed by atoms with E-state index >= 15 is 0 Å². The first kappa shape index (κ1) is 26.1. The van der Waals surface area contributed by atoms with Crippen LogP contribution >= 0.6 is 0 Å². The number of benzene rings is 2. The predicted octanol–water partition coefficient (Wildman–Crippen LogP) is 3.14. The number of ether oxygens (including phenoxy) is 2. The Hall–Kier alpha value is -2.94. The third-order valence-corrected chi connectivity index (χ3v) is 6.81. The van der Waals surface area contributed by atoms with Crippen molar-refractivity contribution in [3.05, 3.63) is 59.7 Å². The van der Waals surface area contributed by atoms with E-state index < -0.39 is 0 Å². The van der Waals surface area contributed by atoms with E-state index in [4.69, 9.17) is 9.47 Å². The molecule has 0 saturated carbocycles. The third kappa shape index (κ3) is 7.78. The highest BCUT2D eigenvalue weighted by molar-refractivity contribution is 6.02. The van der Waals surface area contributed by atoms with Crippen molar-refractivity contribution in [2.24, 2.45) is 5.92 Å². The summed E-state index contributed by atoms with van der Waals surface area (Å²) in [7, 11) is 0. The highest BCUT2D eigenvalue weighted by Gasteiger charge is 2.22. The first-order valence-corrected chi connectivity index (χ1v) is 13.0. The van der Waals surface area contributed by atoms with E-state index in [9.17, 15) is 9.59 Å². The van der Waals surface area contributed by atoms with Gasteiger partial charge in [0, 0.05) is 50.6 Å². The molecule has 0 bridgehead atoms. The van der Waals surface area contributed by atoms with Crippen LogP contribution in [0.25, 0.3) is 0 Å². The molecule has 2 N–H and O–H groups in total. The van der Waals surface area contributed by atoms with Gasteiger partial charge < -0.3 is 25.0 Å². The van der Waals surface area contributed by atoms with E-state index in [0.717, 1.165) is 70.0 Å². The van der Waals surface area contributed by atoms with E-state index in [1.807, 2.05) is 42.5 Å². The average Bonchev–Trinajstić information content (AvgIpc) is 2.90. The summed E-state index contributed by atoms with van der Waals surface area (Å²) in [6, 6.07) is 15.4. The van der Waals surface area contributed by atoms with Crippen molar-refractivity contribution in [3.63, 3.8) is 0 Å². The molecule has 2 fully saturated rings. The van der Waals surface area contributed by atoms with Crippen molar-refractivity contribution in [1.82, 2.24) is 10.2 Å². The molecule has 4 rings (SSSR count). The van der Waals surface area contributed by atoms with E-state index in [-0.39, 0.29) is 18.4 Å². The van der Waals surface area contributed by atoms with Gasteiger partial charge in [0.2, 0.25) is 5.91 Å². The van der Waals surface area contributed by atoms with Crippen molar-refractivity contribution in [3.8, 4) is 0 Å². The van der Waals surface area contributed by atoms with Crippen LogP contribution < -0.4 is 15.5 Å². The van der Waals surface area contributed by atoms with Crippen molar-refractivity contribution in [2.75, 3.05) is 69.3 Å². The van der Waals surface area contributed by atoms with Crippen LogP contribution in [0, 0.1) is 5.92 Å². The Morgan fingerprint density at radius 1 is 1.03 bits per heavy atom. The van der Waals surface area contributed by atoms with E-state index in [1.165, 1.54) is 0 Å².